The van der Waals surface area contributed by atoms with Crippen molar-refractivity contribution < 1.29 is 0 Å². The molecule has 158 valence electrons. The highest BCUT2D eigenvalue weighted by atomic mass is 15.3. The Morgan fingerprint density at radius 3 is 1.59 bits per heavy atom. The zero-order valence-electron chi connectivity index (χ0n) is 18.9. The lowest BCUT2D eigenvalue weighted by Gasteiger charge is -2.49. The van der Waals surface area contributed by atoms with Crippen LogP contribution in [0.25, 0.3) is 0 Å². The zero-order chi connectivity index (χ0) is 22.2. The first-order chi connectivity index (χ1) is 15.5. The van der Waals surface area contributed by atoms with Crippen molar-refractivity contribution in [3.63, 3.8) is 0 Å². The molecule has 4 aromatic carbocycles. The monoisotopic (exact) mass is 416 g/mol. The lowest BCUT2D eigenvalue weighted by atomic mass is 9.76. The Labute approximate surface area is 190 Å². The van der Waals surface area contributed by atoms with Gasteiger partial charge in [0.25, 0.3) is 0 Å². The molecule has 0 fully saturated rings. The van der Waals surface area contributed by atoms with Gasteiger partial charge < -0.3 is 4.90 Å². The molecule has 0 saturated carbocycles. The van der Waals surface area contributed by atoms with Crippen molar-refractivity contribution >= 4 is 17.1 Å². The summed E-state index contributed by atoms with van der Waals surface area (Å²) in [4.78, 5) is 7.90. The van der Waals surface area contributed by atoms with Crippen LogP contribution >= 0.6 is 0 Å². The molecule has 0 spiro atoms. The summed E-state index contributed by atoms with van der Waals surface area (Å²) in [7, 11) is 0. The second-order valence-corrected chi connectivity index (χ2v) is 9.26. The van der Waals surface area contributed by atoms with Crippen LogP contribution in [-0.2, 0) is 5.54 Å². The fraction of sp³-hybridized carbons (Fsp3) is 0.167. The number of nitrogens with zero attached hydrogens (tertiary/aromatic N) is 2. The van der Waals surface area contributed by atoms with Gasteiger partial charge in [-0.2, -0.15) is 0 Å². The number of hydrogen-bond donors (Lipinski definition) is 0. The van der Waals surface area contributed by atoms with Crippen LogP contribution in [0.5, 0.6) is 0 Å². The third-order valence-electron chi connectivity index (χ3n) is 6.13. The van der Waals surface area contributed by atoms with Crippen LogP contribution in [-0.4, -0.2) is 11.3 Å². The minimum absolute atomic E-state index is 0.157. The summed E-state index contributed by atoms with van der Waals surface area (Å²) in [6.07, 6.45) is 0. The van der Waals surface area contributed by atoms with E-state index in [0.29, 0.717) is 0 Å². The van der Waals surface area contributed by atoms with Gasteiger partial charge in [0.05, 0.1) is 11.4 Å². The van der Waals surface area contributed by atoms with E-state index >= 15 is 0 Å². The highest BCUT2D eigenvalue weighted by molar-refractivity contribution is 6.20. The SMILES string of the molecule is CC(C)(C)N1c2ccccc2C(=Nc2ccccc2)C1(c1ccccc1)c1ccccc1. The second-order valence-electron chi connectivity index (χ2n) is 9.26. The van der Waals surface area contributed by atoms with E-state index in [4.69, 9.17) is 4.99 Å². The number of para-hydroxylation sites is 2. The van der Waals surface area contributed by atoms with Gasteiger partial charge in [-0.15, -0.1) is 0 Å². The molecule has 0 atom stereocenters. The van der Waals surface area contributed by atoms with E-state index in [2.05, 4.69) is 135 Å². The average molecular weight is 417 g/mol. The first kappa shape index (κ1) is 20.3. The largest absolute Gasteiger partial charge is 0.347 e. The van der Waals surface area contributed by atoms with Crippen LogP contribution in [0.2, 0.25) is 0 Å². The van der Waals surface area contributed by atoms with Crippen LogP contribution < -0.4 is 4.90 Å². The van der Waals surface area contributed by atoms with E-state index in [-0.39, 0.29) is 5.54 Å². The standard InChI is InChI=1S/C30H28N2/c1-29(2,3)32-27-22-14-13-21-26(27)28(31-25-19-11-6-12-20-25)30(32,23-15-7-4-8-16-23)24-17-9-5-10-18-24/h4-22H,1-3H3. The highest BCUT2D eigenvalue weighted by Gasteiger charge is 2.55. The average Bonchev–Trinajstić information content (AvgIpc) is 3.12. The number of rotatable bonds is 3. The molecule has 1 aliphatic heterocycles. The Kier molecular flexibility index (Phi) is 4.94. The van der Waals surface area contributed by atoms with Gasteiger partial charge in [-0.3, -0.25) is 0 Å². The molecule has 1 aliphatic rings. The molecule has 0 saturated heterocycles. The smallest absolute Gasteiger partial charge is 0.135 e. The number of hydrogen-bond acceptors (Lipinski definition) is 2. The number of fused-ring (bicyclic) bond motifs is 1. The minimum Gasteiger partial charge on any atom is -0.347 e. The summed E-state index contributed by atoms with van der Waals surface area (Å²) < 4.78 is 0. The lowest BCUT2D eigenvalue weighted by Crippen LogP contribution is -2.56. The zero-order valence-corrected chi connectivity index (χ0v) is 18.9. The minimum atomic E-state index is -0.555. The van der Waals surface area contributed by atoms with Gasteiger partial charge in [0, 0.05) is 16.8 Å². The van der Waals surface area contributed by atoms with Crippen LogP contribution in [0.15, 0.2) is 120 Å². The van der Waals surface area contributed by atoms with Crippen molar-refractivity contribution in [1.29, 1.82) is 0 Å². The summed E-state index contributed by atoms with van der Waals surface area (Å²) in [6, 6.07) is 40.6. The van der Waals surface area contributed by atoms with E-state index in [0.717, 1.165) is 11.4 Å². The topological polar surface area (TPSA) is 15.6 Å². The van der Waals surface area contributed by atoms with Crippen molar-refractivity contribution in [2.75, 3.05) is 4.90 Å². The Morgan fingerprint density at radius 2 is 1.06 bits per heavy atom. The Bertz CT molecular complexity index is 1200. The predicted octanol–water partition coefficient (Wildman–Crippen LogP) is 7.37. The van der Waals surface area contributed by atoms with Crippen molar-refractivity contribution in [3.8, 4) is 0 Å². The molecule has 0 bridgehead atoms. The molecule has 0 unspecified atom stereocenters. The molecule has 5 rings (SSSR count). The van der Waals surface area contributed by atoms with E-state index in [1.165, 1.54) is 22.4 Å². The number of benzene rings is 4. The molecule has 32 heavy (non-hydrogen) atoms. The van der Waals surface area contributed by atoms with E-state index in [9.17, 15) is 0 Å². The summed E-state index contributed by atoms with van der Waals surface area (Å²) in [5, 5.41) is 0. The van der Waals surface area contributed by atoms with E-state index in [1.807, 2.05) is 6.07 Å². The maximum atomic E-state index is 5.34. The van der Waals surface area contributed by atoms with Gasteiger partial charge in [0.15, 0.2) is 0 Å². The molecular weight excluding hydrogens is 388 g/mol. The van der Waals surface area contributed by atoms with Crippen LogP contribution in [0, 0.1) is 0 Å². The summed E-state index contributed by atoms with van der Waals surface area (Å²) in [5.41, 5.74) is 6.13. The summed E-state index contributed by atoms with van der Waals surface area (Å²) in [6.45, 7) is 6.86. The third kappa shape index (κ3) is 3.15. The van der Waals surface area contributed by atoms with Gasteiger partial charge in [0.1, 0.15) is 5.54 Å². The van der Waals surface area contributed by atoms with Gasteiger partial charge in [0.2, 0.25) is 0 Å². The molecule has 0 aliphatic carbocycles. The lowest BCUT2D eigenvalue weighted by molar-refractivity contribution is 0.441. The number of anilines is 1. The quantitative estimate of drug-likeness (QED) is 0.340. The molecule has 2 heteroatoms. The first-order valence-electron chi connectivity index (χ1n) is 11.2. The summed E-state index contributed by atoms with van der Waals surface area (Å²) in [5.74, 6) is 0. The fourth-order valence-electron chi connectivity index (χ4n) is 5.04. The summed E-state index contributed by atoms with van der Waals surface area (Å²) >= 11 is 0. The maximum Gasteiger partial charge on any atom is 0.135 e. The van der Waals surface area contributed by atoms with Crippen molar-refractivity contribution in [2.45, 2.75) is 31.8 Å². The number of aliphatic imine (C=N–C) groups is 1. The molecule has 4 aromatic rings. The van der Waals surface area contributed by atoms with Crippen molar-refractivity contribution in [2.24, 2.45) is 4.99 Å². The molecule has 2 nitrogen and oxygen atoms in total. The van der Waals surface area contributed by atoms with Gasteiger partial charge in [-0.05, 0) is 50.1 Å². The highest BCUT2D eigenvalue weighted by Crippen LogP contribution is 2.53. The van der Waals surface area contributed by atoms with Gasteiger partial charge in [-0.25, -0.2) is 4.99 Å². The molecule has 0 N–H and O–H groups in total. The Morgan fingerprint density at radius 1 is 0.594 bits per heavy atom. The Hall–Kier alpha value is -3.65. The molecular formula is C30H28N2. The predicted molar refractivity (Wildman–Crippen MR) is 135 cm³/mol. The van der Waals surface area contributed by atoms with Crippen molar-refractivity contribution in [3.05, 3.63) is 132 Å². The third-order valence-corrected chi connectivity index (χ3v) is 6.13. The molecule has 0 amide bonds. The molecule has 0 radical (unpaired) electrons. The normalized spacial score (nSPS) is 16.2. The fourth-order valence-corrected chi connectivity index (χ4v) is 5.04. The van der Waals surface area contributed by atoms with E-state index < -0.39 is 5.54 Å². The maximum absolute atomic E-state index is 5.34. The first-order valence-corrected chi connectivity index (χ1v) is 11.2. The van der Waals surface area contributed by atoms with Crippen LogP contribution in [0.3, 0.4) is 0 Å². The second kappa shape index (κ2) is 7.80. The van der Waals surface area contributed by atoms with E-state index in [1.54, 1.807) is 0 Å². The van der Waals surface area contributed by atoms with Gasteiger partial charge >= 0.3 is 0 Å². The van der Waals surface area contributed by atoms with Crippen LogP contribution in [0.4, 0.5) is 11.4 Å². The van der Waals surface area contributed by atoms with Crippen molar-refractivity contribution in [1.82, 2.24) is 0 Å². The van der Waals surface area contributed by atoms with Gasteiger partial charge in [-0.1, -0.05) is 97.1 Å². The van der Waals surface area contributed by atoms with Crippen LogP contribution in [0.1, 0.15) is 37.5 Å². The molecule has 0 aromatic heterocycles. The Balaban J connectivity index is 1.95. The molecule has 1 heterocycles.